The van der Waals surface area contributed by atoms with Gasteiger partial charge in [-0.1, -0.05) is 11.6 Å². The Hall–Kier alpha value is -1.45. The van der Waals surface area contributed by atoms with Gasteiger partial charge in [0, 0.05) is 11.8 Å². The lowest BCUT2D eigenvalue weighted by Gasteiger charge is -2.35. The van der Waals surface area contributed by atoms with Crippen molar-refractivity contribution in [3.63, 3.8) is 0 Å². The summed E-state index contributed by atoms with van der Waals surface area (Å²) in [5.41, 5.74) is 0.0105. The molecule has 1 heterocycles. The van der Waals surface area contributed by atoms with Gasteiger partial charge in [0.05, 0.1) is 11.5 Å². The first-order valence-electron chi connectivity index (χ1n) is 5.76. The average molecular weight is 305 g/mol. The van der Waals surface area contributed by atoms with Gasteiger partial charge in [0.1, 0.15) is 23.3 Å². The minimum Gasteiger partial charge on any atom is -0.388 e. The first kappa shape index (κ1) is 14.9. The van der Waals surface area contributed by atoms with Crippen LogP contribution in [0.1, 0.15) is 0 Å². The predicted octanol–water partition coefficient (Wildman–Crippen LogP) is 0.0991. The van der Waals surface area contributed by atoms with E-state index < -0.39 is 29.5 Å². The van der Waals surface area contributed by atoms with Gasteiger partial charge in [0.15, 0.2) is 6.23 Å². The molecule has 4 atom stereocenters. The number of benzene rings is 1. The molecule has 0 amide bonds. The van der Waals surface area contributed by atoms with Gasteiger partial charge in [-0.05, 0) is 12.1 Å². The van der Waals surface area contributed by atoms with E-state index >= 15 is 0 Å². The monoisotopic (exact) mass is 304 g/mol. The second kappa shape index (κ2) is 5.90. The van der Waals surface area contributed by atoms with Crippen LogP contribution in [-0.2, 0) is 4.74 Å². The van der Waals surface area contributed by atoms with Crippen LogP contribution in [-0.4, -0.2) is 51.4 Å². The quantitative estimate of drug-likeness (QED) is 0.461. The molecular weight excluding hydrogens is 292 g/mol. The zero-order chi connectivity index (χ0) is 14.9. The van der Waals surface area contributed by atoms with Crippen LogP contribution < -0.4 is 5.32 Å². The van der Waals surface area contributed by atoms with Crippen molar-refractivity contribution in [2.45, 2.75) is 24.5 Å². The molecule has 0 aliphatic carbocycles. The van der Waals surface area contributed by atoms with Crippen LogP contribution in [0.25, 0.3) is 0 Å². The van der Waals surface area contributed by atoms with E-state index in [0.29, 0.717) is 5.69 Å². The van der Waals surface area contributed by atoms with E-state index in [0.717, 1.165) is 0 Å². The Bertz CT molecular complexity index is 514. The third-order valence-electron chi connectivity index (χ3n) is 2.95. The third kappa shape index (κ3) is 3.00. The number of hydrogen-bond donors (Lipinski definition) is 4. The Balaban J connectivity index is 2.14. The lowest BCUT2D eigenvalue weighted by atomic mass is 10.0. The SMILES string of the molecule is O=[N+]([O-])c1cc(N[C@@H]2OC[C@@H](O)[C@@H](O)[C@H]2O)ccc1Cl. The summed E-state index contributed by atoms with van der Waals surface area (Å²) >= 11 is 5.68. The maximum Gasteiger partial charge on any atom is 0.289 e. The van der Waals surface area contributed by atoms with Crippen LogP contribution in [0.3, 0.4) is 0 Å². The van der Waals surface area contributed by atoms with E-state index in [1.54, 1.807) is 0 Å². The van der Waals surface area contributed by atoms with E-state index in [1.807, 2.05) is 0 Å². The minimum absolute atomic E-state index is 0.0129. The van der Waals surface area contributed by atoms with Crippen LogP contribution in [0, 0.1) is 10.1 Å². The highest BCUT2D eigenvalue weighted by molar-refractivity contribution is 6.32. The predicted molar refractivity (Wildman–Crippen MR) is 69.5 cm³/mol. The molecule has 1 aromatic carbocycles. The average Bonchev–Trinajstić information content (AvgIpc) is 2.41. The number of nitrogens with zero attached hydrogens (tertiary/aromatic N) is 1. The highest BCUT2D eigenvalue weighted by Crippen LogP contribution is 2.28. The van der Waals surface area contributed by atoms with Gasteiger partial charge in [-0.2, -0.15) is 0 Å². The van der Waals surface area contributed by atoms with Gasteiger partial charge in [0.2, 0.25) is 0 Å². The number of nitrogens with one attached hydrogen (secondary N) is 1. The van der Waals surface area contributed by atoms with E-state index in [4.69, 9.17) is 16.3 Å². The molecule has 0 aromatic heterocycles. The molecule has 1 aliphatic heterocycles. The van der Waals surface area contributed by atoms with Crippen molar-refractivity contribution in [3.05, 3.63) is 33.3 Å². The van der Waals surface area contributed by atoms with Crippen molar-refractivity contribution in [1.82, 2.24) is 0 Å². The molecule has 20 heavy (non-hydrogen) atoms. The molecule has 8 nitrogen and oxygen atoms in total. The van der Waals surface area contributed by atoms with E-state index in [2.05, 4.69) is 5.32 Å². The summed E-state index contributed by atoms with van der Waals surface area (Å²) in [6.45, 7) is -0.161. The molecule has 1 saturated heterocycles. The summed E-state index contributed by atoms with van der Waals surface area (Å²) < 4.78 is 5.13. The number of ether oxygens (including phenoxy) is 1. The molecule has 110 valence electrons. The van der Waals surface area contributed by atoms with Gasteiger partial charge in [0.25, 0.3) is 5.69 Å². The van der Waals surface area contributed by atoms with Crippen molar-refractivity contribution in [1.29, 1.82) is 0 Å². The van der Waals surface area contributed by atoms with Crippen molar-refractivity contribution in [2.75, 3.05) is 11.9 Å². The summed E-state index contributed by atoms with van der Waals surface area (Å²) in [5.74, 6) is 0. The Morgan fingerprint density at radius 3 is 2.70 bits per heavy atom. The van der Waals surface area contributed by atoms with E-state index in [1.165, 1.54) is 18.2 Å². The molecule has 1 aromatic rings. The fourth-order valence-electron chi connectivity index (χ4n) is 1.84. The summed E-state index contributed by atoms with van der Waals surface area (Å²) in [7, 11) is 0. The minimum atomic E-state index is -1.37. The molecule has 0 radical (unpaired) electrons. The molecule has 0 bridgehead atoms. The van der Waals surface area contributed by atoms with Crippen LogP contribution >= 0.6 is 11.6 Å². The number of aliphatic hydroxyl groups excluding tert-OH is 3. The second-order valence-electron chi connectivity index (χ2n) is 4.37. The highest BCUT2D eigenvalue weighted by atomic mass is 35.5. The molecule has 2 rings (SSSR count). The molecule has 1 aliphatic rings. The smallest absolute Gasteiger partial charge is 0.289 e. The number of nitro benzene ring substituents is 1. The number of anilines is 1. The van der Waals surface area contributed by atoms with Crippen LogP contribution in [0.2, 0.25) is 5.02 Å². The van der Waals surface area contributed by atoms with Crippen molar-refractivity contribution in [3.8, 4) is 0 Å². The van der Waals surface area contributed by atoms with Crippen molar-refractivity contribution < 1.29 is 25.0 Å². The molecule has 0 spiro atoms. The topological polar surface area (TPSA) is 125 Å². The van der Waals surface area contributed by atoms with Gasteiger partial charge >= 0.3 is 0 Å². The fourth-order valence-corrected chi connectivity index (χ4v) is 2.03. The summed E-state index contributed by atoms with van der Waals surface area (Å²) in [6.07, 6.45) is -4.89. The number of halogens is 1. The molecule has 0 saturated carbocycles. The maximum absolute atomic E-state index is 10.8. The van der Waals surface area contributed by atoms with E-state index in [-0.39, 0.29) is 17.3 Å². The Kier molecular flexibility index (Phi) is 4.41. The van der Waals surface area contributed by atoms with Gasteiger partial charge < -0.3 is 25.4 Å². The molecule has 9 heteroatoms. The zero-order valence-corrected chi connectivity index (χ0v) is 10.9. The van der Waals surface area contributed by atoms with Crippen LogP contribution in [0.15, 0.2) is 18.2 Å². The molecule has 1 fully saturated rings. The van der Waals surface area contributed by atoms with E-state index in [9.17, 15) is 25.4 Å². The van der Waals surface area contributed by atoms with Crippen molar-refractivity contribution in [2.24, 2.45) is 0 Å². The summed E-state index contributed by atoms with van der Waals surface area (Å²) in [6, 6.07) is 4.00. The summed E-state index contributed by atoms with van der Waals surface area (Å²) in [5, 5.41) is 42.0. The third-order valence-corrected chi connectivity index (χ3v) is 3.27. The Morgan fingerprint density at radius 1 is 1.35 bits per heavy atom. The number of aliphatic hydroxyl groups is 3. The molecule has 4 N–H and O–H groups in total. The maximum atomic E-state index is 10.8. The summed E-state index contributed by atoms with van der Waals surface area (Å²) in [4.78, 5) is 10.1. The number of hydrogen-bond acceptors (Lipinski definition) is 7. The first-order chi connectivity index (χ1) is 9.40. The Labute approximate surface area is 118 Å². The number of nitro groups is 1. The van der Waals surface area contributed by atoms with Crippen LogP contribution in [0.5, 0.6) is 0 Å². The Morgan fingerprint density at radius 2 is 2.05 bits per heavy atom. The largest absolute Gasteiger partial charge is 0.388 e. The second-order valence-corrected chi connectivity index (χ2v) is 4.78. The van der Waals surface area contributed by atoms with Gasteiger partial charge in [-0.3, -0.25) is 10.1 Å². The van der Waals surface area contributed by atoms with Crippen molar-refractivity contribution >= 4 is 23.0 Å². The number of rotatable bonds is 3. The molecular formula is C11H13ClN2O6. The van der Waals surface area contributed by atoms with Gasteiger partial charge in [-0.25, -0.2) is 0 Å². The standard InChI is InChI=1S/C11H13ClN2O6/c12-6-2-1-5(3-7(6)14(18)19)13-11-10(17)9(16)8(15)4-20-11/h1-3,8-11,13,15-17H,4H2/t8-,9-,10-,11-/m1/s1. The zero-order valence-electron chi connectivity index (χ0n) is 10.1. The highest BCUT2D eigenvalue weighted by Gasteiger charge is 2.37. The lowest BCUT2D eigenvalue weighted by Crippen LogP contribution is -2.55. The van der Waals surface area contributed by atoms with Crippen LogP contribution in [0.4, 0.5) is 11.4 Å². The van der Waals surface area contributed by atoms with Gasteiger partial charge in [-0.15, -0.1) is 0 Å². The fraction of sp³-hybridized carbons (Fsp3) is 0.455. The first-order valence-corrected chi connectivity index (χ1v) is 6.14. The lowest BCUT2D eigenvalue weighted by molar-refractivity contribution is -0.384. The normalized spacial score (nSPS) is 30.0. The molecule has 0 unspecified atom stereocenters.